The minimum Gasteiger partial charge on any atom is -0.490 e. The van der Waals surface area contributed by atoms with Crippen molar-refractivity contribution in [1.82, 2.24) is 5.32 Å². The molecule has 6 heteroatoms. The molecule has 2 aliphatic rings. The van der Waals surface area contributed by atoms with Gasteiger partial charge in [-0.15, -0.1) is 0 Å². The van der Waals surface area contributed by atoms with Crippen molar-refractivity contribution in [1.29, 1.82) is 0 Å². The molecule has 142 valence electrons. The molecule has 4 rings (SSSR count). The third kappa shape index (κ3) is 4.40. The second-order valence-electron chi connectivity index (χ2n) is 6.93. The van der Waals surface area contributed by atoms with Gasteiger partial charge < -0.3 is 24.6 Å². The third-order valence-corrected chi connectivity index (χ3v) is 4.96. The lowest BCUT2D eigenvalue weighted by molar-refractivity contribution is -0.0440. The maximum Gasteiger partial charge on any atom is 0.404 e. The van der Waals surface area contributed by atoms with Crippen LogP contribution in [0.4, 0.5) is 4.79 Å². The summed E-state index contributed by atoms with van der Waals surface area (Å²) < 4.78 is 17.3. The minimum atomic E-state index is -0.974. The monoisotopic (exact) mass is 369 g/mol. The molecule has 27 heavy (non-hydrogen) atoms. The maximum absolute atomic E-state index is 10.8. The number of rotatable bonds is 5. The molecule has 1 aliphatic heterocycles. The standard InChI is InChI=1S/C21H23NO5/c23-21(24)22-17-7-8-19(13-17)27-18-6-2-4-15(12-18)14-3-1-5-16(11-14)20-25-9-10-26-20/h1-6,11-12,17,19-20,22H,7-10,13H2,(H,23,24)/t17-,19+/m1/s1. The number of nitrogens with one attached hydrogen (secondary N) is 1. The van der Waals surface area contributed by atoms with Gasteiger partial charge in [-0.2, -0.15) is 0 Å². The summed E-state index contributed by atoms with van der Waals surface area (Å²) in [6.07, 6.45) is 1.12. The molecule has 1 heterocycles. The van der Waals surface area contributed by atoms with Crippen molar-refractivity contribution in [2.45, 2.75) is 37.7 Å². The Hall–Kier alpha value is -2.57. The highest BCUT2D eigenvalue weighted by Gasteiger charge is 2.27. The van der Waals surface area contributed by atoms with E-state index in [1.165, 1.54) is 0 Å². The van der Waals surface area contributed by atoms with Crippen LogP contribution in [0.1, 0.15) is 31.1 Å². The van der Waals surface area contributed by atoms with E-state index in [0.717, 1.165) is 35.3 Å². The summed E-state index contributed by atoms with van der Waals surface area (Å²) in [7, 11) is 0. The highest BCUT2D eigenvalue weighted by molar-refractivity contribution is 5.66. The Morgan fingerprint density at radius 2 is 1.78 bits per heavy atom. The van der Waals surface area contributed by atoms with Crippen molar-refractivity contribution in [2.24, 2.45) is 0 Å². The third-order valence-electron chi connectivity index (χ3n) is 4.96. The molecule has 0 spiro atoms. The smallest absolute Gasteiger partial charge is 0.404 e. The fourth-order valence-electron chi connectivity index (χ4n) is 3.71. The molecule has 0 radical (unpaired) electrons. The van der Waals surface area contributed by atoms with E-state index in [4.69, 9.17) is 19.3 Å². The number of hydrogen-bond acceptors (Lipinski definition) is 4. The molecule has 1 amide bonds. The van der Waals surface area contributed by atoms with E-state index in [2.05, 4.69) is 17.4 Å². The molecule has 0 bridgehead atoms. The molecule has 2 atom stereocenters. The summed E-state index contributed by atoms with van der Waals surface area (Å²) in [4.78, 5) is 10.8. The van der Waals surface area contributed by atoms with Crippen LogP contribution in [0.15, 0.2) is 48.5 Å². The number of amides is 1. The fraction of sp³-hybridized carbons (Fsp3) is 0.381. The average Bonchev–Trinajstić information content (AvgIpc) is 3.34. The first-order valence-electron chi connectivity index (χ1n) is 9.27. The Morgan fingerprint density at radius 1 is 1.04 bits per heavy atom. The summed E-state index contributed by atoms with van der Waals surface area (Å²) in [5, 5.41) is 11.4. The van der Waals surface area contributed by atoms with E-state index in [1.54, 1.807) is 0 Å². The summed E-state index contributed by atoms with van der Waals surface area (Å²) in [6.45, 7) is 1.24. The second kappa shape index (κ2) is 7.98. The van der Waals surface area contributed by atoms with Crippen molar-refractivity contribution in [2.75, 3.05) is 13.2 Å². The largest absolute Gasteiger partial charge is 0.490 e. The normalized spacial score (nSPS) is 22.7. The average molecular weight is 369 g/mol. The highest BCUT2D eigenvalue weighted by atomic mass is 16.7. The van der Waals surface area contributed by atoms with E-state index in [1.807, 2.05) is 36.4 Å². The Labute approximate surface area is 158 Å². The second-order valence-corrected chi connectivity index (χ2v) is 6.93. The van der Waals surface area contributed by atoms with E-state index in [9.17, 15) is 4.79 Å². The predicted molar refractivity (Wildman–Crippen MR) is 99.7 cm³/mol. The Balaban J connectivity index is 1.45. The quantitative estimate of drug-likeness (QED) is 0.834. The van der Waals surface area contributed by atoms with Gasteiger partial charge in [0.05, 0.1) is 13.2 Å². The van der Waals surface area contributed by atoms with Crippen LogP contribution >= 0.6 is 0 Å². The number of hydrogen-bond donors (Lipinski definition) is 2. The lowest BCUT2D eigenvalue weighted by atomic mass is 10.0. The number of carboxylic acid groups (broad SMARTS) is 1. The summed E-state index contributed by atoms with van der Waals surface area (Å²) in [5.41, 5.74) is 3.15. The molecule has 1 saturated heterocycles. The van der Waals surface area contributed by atoms with Crippen LogP contribution in [0.2, 0.25) is 0 Å². The molecule has 2 N–H and O–H groups in total. The summed E-state index contributed by atoms with van der Waals surface area (Å²) in [6, 6.07) is 16.1. The molecule has 2 fully saturated rings. The van der Waals surface area contributed by atoms with E-state index >= 15 is 0 Å². The lowest BCUT2D eigenvalue weighted by Crippen LogP contribution is -2.32. The van der Waals surface area contributed by atoms with Crippen LogP contribution in [0.25, 0.3) is 11.1 Å². The lowest BCUT2D eigenvalue weighted by Gasteiger charge is -2.15. The molecular weight excluding hydrogens is 346 g/mol. The van der Waals surface area contributed by atoms with Gasteiger partial charge in [-0.25, -0.2) is 4.79 Å². The minimum absolute atomic E-state index is 0.0289. The van der Waals surface area contributed by atoms with Crippen LogP contribution in [0.5, 0.6) is 5.75 Å². The topological polar surface area (TPSA) is 77.0 Å². The van der Waals surface area contributed by atoms with Gasteiger partial charge in [-0.3, -0.25) is 0 Å². The summed E-state index contributed by atoms with van der Waals surface area (Å²) in [5.74, 6) is 0.798. The fourth-order valence-corrected chi connectivity index (χ4v) is 3.71. The van der Waals surface area contributed by atoms with Gasteiger partial charge in [0.2, 0.25) is 0 Å². The first-order chi connectivity index (χ1) is 13.2. The zero-order valence-corrected chi connectivity index (χ0v) is 15.0. The first-order valence-corrected chi connectivity index (χ1v) is 9.27. The van der Waals surface area contributed by atoms with Gasteiger partial charge in [0.25, 0.3) is 0 Å². The highest BCUT2D eigenvalue weighted by Crippen LogP contribution is 2.31. The Kier molecular flexibility index (Phi) is 5.27. The Bertz CT molecular complexity index is 803. The van der Waals surface area contributed by atoms with Crippen LogP contribution in [-0.4, -0.2) is 36.6 Å². The summed E-state index contributed by atoms with van der Waals surface area (Å²) >= 11 is 0. The van der Waals surface area contributed by atoms with Crippen LogP contribution in [-0.2, 0) is 9.47 Å². The van der Waals surface area contributed by atoms with Gasteiger partial charge in [0, 0.05) is 18.0 Å². The molecule has 1 saturated carbocycles. The van der Waals surface area contributed by atoms with Crippen LogP contribution < -0.4 is 10.1 Å². The molecule has 0 unspecified atom stereocenters. The van der Waals surface area contributed by atoms with Crippen molar-refractivity contribution in [3.05, 3.63) is 54.1 Å². The number of benzene rings is 2. The molecule has 0 aromatic heterocycles. The molecule has 1 aliphatic carbocycles. The molecule has 2 aromatic rings. The van der Waals surface area contributed by atoms with E-state index in [0.29, 0.717) is 19.6 Å². The van der Waals surface area contributed by atoms with Crippen molar-refractivity contribution < 1.29 is 24.1 Å². The van der Waals surface area contributed by atoms with Crippen LogP contribution in [0.3, 0.4) is 0 Å². The van der Waals surface area contributed by atoms with Gasteiger partial charge in [-0.1, -0.05) is 30.3 Å². The van der Waals surface area contributed by atoms with Crippen molar-refractivity contribution in [3.8, 4) is 16.9 Å². The Morgan fingerprint density at radius 3 is 2.56 bits per heavy atom. The van der Waals surface area contributed by atoms with Crippen molar-refractivity contribution >= 4 is 6.09 Å². The number of carbonyl (C=O) groups is 1. The first kappa shape index (κ1) is 17.8. The zero-order valence-electron chi connectivity index (χ0n) is 15.0. The number of ether oxygens (including phenoxy) is 3. The van der Waals surface area contributed by atoms with Gasteiger partial charge in [-0.05, 0) is 42.2 Å². The SMILES string of the molecule is O=C(O)N[C@@H]1CC[C@H](Oc2cccc(-c3cccc(C4OCCO4)c3)c2)C1. The predicted octanol–water partition coefficient (Wildman–Crippen LogP) is 3.97. The molecule has 6 nitrogen and oxygen atoms in total. The zero-order chi connectivity index (χ0) is 18.6. The maximum atomic E-state index is 10.8. The van der Waals surface area contributed by atoms with Gasteiger partial charge in [0.15, 0.2) is 6.29 Å². The van der Waals surface area contributed by atoms with E-state index in [-0.39, 0.29) is 18.4 Å². The molecule has 2 aromatic carbocycles. The van der Waals surface area contributed by atoms with Crippen molar-refractivity contribution in [3.63, 3.8) is 0 Å². The van der Waals surface area contributed by atoms with E-state index < -0.39 is 6.09 Å². The van der Waals surface area contributed by atoms with Gasteiger partial charge >= 0.3 is 6.09 Å². The van der Waals surface area contributed by atoms with Gasteiger partial charge in [0.1, 0.15) is 11.9 Å². The molecular formula is C21H23NO5. The van der Waals surface area contributed by atoms with Crippen LogP contribution in [0, 0.1) is 0 Å².